The van der Waals surface area contributed by atoms with Gasteiger partial charge in [-0.15, -0.1) is 0 Å². The molecule has 0 aliphatic carbocycles. The van der Waals surface area contributed by atoms with Gasteiger partial charge in [0.25, 0.3) is 0 Å². The molecule has 2 aromatic carbocycles. The van der Waals surface area contributed by atoms with Crippen LogP contribution in [0.15, 0.2) is 54.9 Å². The van der Waals surface area contributed by atoms with Crippen LogP contribution in [0.3, 0.4) is 0 Å². The number of amides is 3. The molecule has 3 N–H and O–H groups in total. The van der Waals surface area contributed by atoms with Crippen LogP contribution in [0.4, 0.5) is 25.1 Å². The monoisotopic (exact) mass is 553 g/mol. The van der Waals surface area contributed by atoms with Crippen LogP contribution >= 0.6 is 12.2 Å². The minimum absolute atomic E-state index is 0.00108. The molecular formula is C26H25F2N7O3S. The molecule has 2 bridgehead atoms. The number of hydrogen-bond acceptors (Lipinski definition) is 7. The fraction of sp³-hybridized carbons (Fsp3) is 0.269. The van der Waals surface area contributed by atoms with E-state index in [9.17, 15) is 18.4 Å². The second-order valence-electron chi connectivity index (χ2n) is 9.36. The number of fused-ring (bicyclic) bond motifs is 2. The molecule has 3 amide bonds. The van der Waals surface area contributed by atoms with Gasteiger partial charge in [-0.25, -0.2) is 23.5 Å². The smallest absolute Gasteiger partial charge is 0.323 e. The molecule has 39 heavy (non-hydrogen) atoms. The maximum absolute atomic E-state index is 14.8. The molecule has 2 aliphatic rings. The van der Waals surface area contributed by atoms with Crippen LogP contribution < -0.4 is 20.7 Å². The van der Waals surface area contributed by atoms with Crippen LogP contribution in [0.5, 0.6) is 11.6 Å². The number of aromatic nitrogens is 2. The van der Waals surface area contributed by atoms with Crippen molar-refractivity contribution in [2.75, 3.05) is 30.8 Å². The molecule has 2 atom stereocenters. The van der Waals surface area contributed by atoms with Gasteiger partial charge in [0.2, 0.25) is 11.8 Å². The van der Waals surface area contributed by atoms with E-state index in [1.807, 2.05) is 0 Å². The molecule has 0 saturated carbocycles. The molecule has 2 aliphatic heterocycles. The van der Waals surface area contributed by atoms with Gasteiger partial charge in [0, 0.05) is 43.0 Å². The first-order valence-corrected chi connectivity index (χ1v) is 12.6. The topological polar surface area (TPSA) is 112 Å². The summed E-state index contributed by atoms with van der Waals surface area (Å²) >= 11 is 5.13. The van der Waals surface area contributed by atoms with Crippen LogP contribution in [0, 0.1) is 11.6 Å². The van der Waals surface area contributed by atoms with Crippen molar-refractivity contribution < 1.29 is 23.1 Å². The first-order chi connectivity index (χ1) is 18.7. The summed E-state index contributed by atoms with van der Waals surface area (Å²) in [7, 11) is 2.06. The number of carbonyl (C=O) groups excluding carboxylic acids is 2. The standard InChI is InChI=1S/C26H25F2N7O3S/c1-34-12-19-10-18(34)13-35(19)26(37)32-22-11-24(30-14-29-22)38-21-7-6-17(9-20(21)28)31-25(39)33-23(36)8-15-2-4-16(27)5-3-15/h2-7,9,11,14,18-19H,8,10,12-13H2,1H3,(H,29,30,32,37)(H2,31,33,36,39)/t18-,19-/m0/s1. The van der Waals surface area contributed by atoms with Gasteiger partial charge in [-0.05, 0) is 55.5 Å². The summed E-state index contributed by atoms with van der Waals surface area (Å²) in [4.78, 5) is 37.0. The Balaban J connectivity index is 1.14. The summed E-state index contributed by atoms with van der Waals surface area (Å²) in [5.41, 5.74) is 0.903. The second kappa shape index (κ2) is 11.3. The number of ether oxygens (including phenoxy) is 1. The number of benzene rings is 2. The fourth-order valence-corrected chi connectivity index (χ4v) is 4.89. The van der Waals surface area contributed by atoms with Crippen LogP contribution in [0.2, 0.25) is 0 Å². The highest BCUT2D eigenvalue weighted by Gasteiger charge is 2.43. The van der Waals surface area contributed by atoms with Crippen LogP contribution in [-0.4, -0.2) is 69.0 Å². The molecule has 2 fully saturated rings. The number of thiocarbonyl (C=S) groups is 1. The van der Waals surface area contributed by atoms with Gasteiger partial charge in [0.1, 0.15) is 18.0 Å². The molecule has 0 spiro atoms. The fourth-order valence-electron chi connectivity index (χ4n) is 4.65. The summed E-state index contributed by atoms with van der Waals surface area (Å²) in [5.74, 6) is -1.33. The Morgan fingerprint density at radius 1 is 1.05 bits per heavy atom. The normalized spacial score (nSPS) is 18.1. The minimum Gasteiger partial charge on any atom is -0.436 e. The summed E-state index contributed by atoms with van der Waals surface area (Å²) in [6, 6.07) is 11.3. The maximum Gasteiger partial charge on any atom is 0.323 e. The third-order valence-corrected chi connectivity index (χ3v) is 6.79. The largest absolute Gasteiger partial charge is 0.436 e. The van der Waals surface area contributed by atoms with Gasteiger partial charge in [0.15, 0.2) is 16.7 Å². The van der Waals surface area contributed by atoms with Crippen molar-refractivity contribution >= 4 is 40.8 Å². The van der Waals surface area contributed by atoms with E-state index in [2.05, 4.69) is 37.9 Å². The summed E-state index contributed by atoms with van der Waals surface area (Å²) in [5, 5.41) is 7.96. The SMILES string of the molecule is CN1C[C@@H]2C[C@H]1CN2C(=O)Nc1cc(Oc2ccc(NC(=S)NC(=O)Cc3ccc(F)cc3)cc2F)ncn1. The highest BCUT2D eigenvalue weighted by Crippen LogP contribution is 2.30. The van der Waals surface area contributed by atoms with E-state index < -0.39 is 17.5 Å². The number of rotatable bonds is 6. The lowest BCUT2D eigenvalue weighted by atomic mass is 10.1. The van der Waals surface area contributed by atoms with Crippen molar-refractivity contribution in [2.24, 2.45) is 0 Å². The number of likely N-dealkylation sites (N-methyl/N-ethyl adjacent to an activating group) is 1. The number of nitrogens with one attached hydrogen (secondary N) is 3. The van der Waals surface area contributed by atoms with Crippen molar-refractivity contribution in [3.8, 4) is 11.6 Å². The Morgan fingerprint density at radius 2 is 1.85 bits per heavy atom. The quantitative estimate of drug-likeness (QED) is 0.398. The lowest BCUT2D eigenvalue weighted by molar-refractivity contribution is -0.119. The third kappa shape index (κ3) is 6.44. The van der Waals surface area contributed by atoms with E-state index in [-0.39, 0.29) is 46.7 Å². The molecule has 1 aromatic heterocycles. The van der Waals surface area contributed by atoms with Crippen molar-refractivity contribution in [1.82, 2.24) is 25.1 Å². The number of halogens is 2. The van der Waals surface area contributed by atoms with Gasteiger partial charge < -0.3 is 20.3 Å². The minimum atomic E-state index is -0.707. The summed E-state index contributed by atoms with van der Waals surface area (Å²) in [6.07, 6.45) is 2.18. The molecule has 10 nitrogen and oxygen atoms in total. The molecule has 3 heterocycles. The number of likely N-dealkylation sites (tertiary alicyclic amines) is 2. The van der Waals surface area contributed by atoms with Gasteiger partial charge >= 0.3 is 6.03 Å². The predicted octanol–water partition coefficient (Wildman–Crippen LogP) is 3.52. The zero-order valence-corrected chi connectivity index (χ0v) is 21.7. The first-order valence-electron chi connectivity index (χ1n) is 12.2. The summed E-state index contributed by atoms with van der Waals surface area (Å²) in [6.45, 7) is 1.50. The van der Waals surface area contributed by atoms with Crippen molar-refractivity contribution in [3.05, 3.63) is 72.1 Å². The Hall–Kier alpha value is -4.23. The lowest BCUT2D eigenvalue weighted by Crippen LogP contribution is -2.48. The Labute approximate surface area is 228 Å². The number of carbonyl (C=O) groups is 2. The number of nitrogens with zero attached hydrogens (tertiary/aromatic N) is 4. The third-order valence-electron chi connectivity index (χ3n) is 6.59. The highest BCUT2D eigenvalue weighted by molar-refractivity contribution is 7.80. The zero-order chi connectivity index (χ0) is 27.5. The van der Waals surface area contributed by atoms with E-state index >= 15 is 0 Å². The zero-order valence-electron chi connectivity index (χ0n) is 20.9. The van der Waals surface area contributed by atoms with E-state index in [1.54, 1.807) is 4.90 Å². The molecule has 0 radical (unpaired) electrons. The van der Waals surface area contributed by atoms with Crippen molar-refractivity contribution in [1.29, 1.82) is 0 Å². The van der Waals surface area contributed by atoms with Gasteiger partial charge in [-0.3, -0.25) is 15.0 Å². The average molecular weight is 554 g/mol. The lowest BCUT2D eigenvalue weighted by Gasteiger charge is -2.31. The molecule has 13 heteroatoms. The molecule has 3 aromatic rings. The maximum atomic E-state index is 14.8. The first kappa shape index (κ1) is 26.4. The number of hydrogen-bond donors (Lipinski definition) is 3. The Bertz CT molecular complexity index is 1410. The predicted molar refractivity (Wildman–Crippen MR) is 144 cm³/mol. The van der Waals surface area contributed by atoms with Crippen LogP contribution in [0.1, 0.15) is 12.0 Å². The number of anilines is 2. The van der Waals surface area contributed by atoms with E-state index in [0.717, 1.165) is 19.0 Å². The Kier molecular flexibility index (Phi) is 7.61. The van der Waals surface area contributed by atoms with Crippen molar-refractivity contribution in [3.63, 3.8) is 0 Å². The van der Waals surface area contributed by atoms with Gasteiger partial charge in [0.05, 0.1) is 6.42 Å². The molecule has 202 valence electrons. The van der Waals surface area contributed by atoms with Crippen molar-refractivity contribution in [2.45, 2.75) is 24.9 Å². The number of urea groups is 1. The van der Waals surface area contributed by atoms with Crippen LogP contribution in [-0.2, 0) is 11.2 Å². The molecule has 5 rings (SSSR count). The second-order valence-corrected chi connectivity index (χ2v) is 9.77. The number of piperazine rings is 1. The van der Waals surface area contributed by atoms with E-state index in [4.69, 9.17) is 17.0 Å². The van der Waals surface area contributed by atoms with Crippen LogP contribution in [0.25, 0.3) is 0 Å². The Morgan fingerprint density at radius 3 is 2.54 bits per heavy atom. The van der Waals surface area contributed by atoms with E-state index in [0.29, 0.717) is 18.2 Å². The average Bonchev–Trinajstić information content (AvgIpc) is 3.47. The summed E-state index contributed by atoms with van der Waals surface area (Å²) < 4.78 is 33.3. The van der Waals surface area contributed by atoms with Gasteiger partial charge in [-0.2, -0.15) is 0 Å². The highest BCUT2D eigenvalue weighted by atomic mass is 32.1. The molecule has 0 unspecified atom stereocenters. The molecular weight excluding hydrogens is 528 g/mol. The van der Waals surface area contributed by atoms with E-state index in [1.165, 1.54) is 48.8 Å². The van der Waals surface area contributed by atoms with Gasteiger partial charge in [-0.1, -0.05) is 12.1 Å². The molecule has 2 saturated heterocycles.